The number of methoxy groups -OCH3 is 1. The van der Waals surface area contributed by atoms with Crippen LogP contribution in [0.15, 0.2) is 22.7 Å². The van der Waals surface area contributed by atoms with Crippen LogP contribution in [0.5, 0.6) is 5.75 Å². The Kier molecular flexibility index (Phi) is 2.66. The summed E-state index contributed by atoms with van der Waals surface area (Å²) >= 11 is 0. The molecular weight excluding hydrogens is 230 g/mol. The van der Waals surface area contributed by atoms with Crippen LogP contribution >= 0.6 is 0 Å². The lowest BCUT2D eigenvalue weighted by atomic mass is 10.1. The van der Waals surface area contributed by atoms with Crippen molar-refractivity contribution in [3.05, 3.63) is 35.5 Å². The van der Waals surface area contributed by atoms with Gasteiger partial charge in [0.05, 0.1) is 19.2 Å². The van der Waals surface area contributed by atoms with Crippen molar-refractivity contribution in [3.8, 4) is 5.75 Å². The summed E-state index contributed by atoms with van der Waals surface area (Å²) in [5, 5.41) is 3.99. The molecule has 0 saturated heterocycles. The topological polar surface area (TPSA) is 74.2 Å². The fourth-order valence-corrected chi connectivity index (χ4v) is 1.92. The van der Waals surface area contributed by atoms with Gasteiger partial charge in [0.15, 0.2) is 5.82 Å². The van der Waals surface area contributed by atoms with E-state index in [1.54, 1.807) is 7.11 Å². The third kappa shape index (κ3) is 2.16. The number of rotatable bonds is 4. The highest BCUT2D eigenvalue weighted by Crippen LogP contribution is 2.38. The average molecular weight is 245 g/mol. The number of benzene rings is 1. The Balaban J connectivity index is 1.76. The second-order valence-corrected chi connectivity index (χ2v) is 4.57. The van der Waals surface area contributed by atoms with Crippen LogP contribution in [0.1, 0.15) is 36.0 Å². The second kappa shape index (κ2) is 4.33. The molecule has 1 heterocycles. The Morgan fingerprint density at radius 1 is 1.44 bits per heavy atom. The highest BCUT2D eigenvalue weighted by atomic mass is 16.5. The quantitative estimate of drug-likeness (QED) is 0.835. The van der Waals surface area contributed by atoms with Gasteiger partial charge in [0.2, 0.25) is 5.89 Å². The first-order valence-corrected chi connectivity index (χ1v) is 6.01. The first-order valence-electron chi connectivity index (χ1n) is 6.01. The van der Waals surface area contributed by atoms with Crippen molar-refractivity contribution in [2.24, 2.45) is 0 Å². The molecule has 1 aromatic heterocycles. The maximum absolute atomic E-state index is 5.86. The Labute approximate surface area is 105 Å². The summed E-state index contributed by atoms with van der Waals surface area (Å²) in [6.45, 7) is 0. The van der Waals surface area contributed by atoms with E-state index >= 15 is 0 Å². The number of hydrogen-bond donors (Lipinski definition) is 1. The minimum absolute atomic E-state index is 0.517. The molecule has 2 aromatic rings. The predicted octanol–water partition coefficient (Wildman–Crippen LogP) is 2.13. The Bertz CT molecular complexity index is 561. The van der Waals surface area contributed by atoms with Gasteiger partial charge in [-0.25, -0.2) is 0 Å². The minimum atomic E-state index is 0.517. The van der Waals surface area contributed by atoms with Crippen LogP contribution in [0.4, 0.5) is 5.69 Å². The normalized spacial score (nSPS) is 14.7. The highest BCUT2D eigenvalue weighted by molar-refractivity contribution is 5.54. The molecule has 0 bridgehead atoms. The van der Waals surface area contributed by atoms with E-state index in [0.29, 0.717) is 29.7 Å². The van der Waals surface area contributed by atoms with Gasteiger partial charge in [-0.05, 0) is 30.5 Å². The van der Waals surface area contributed by atoms with Gasteiger partial charge >= 0.3 is 0 Å². The molecule has 0 atom stereocenters. The molecule has 1 saturated carbocycles. The SMILES string of the molecule is COc1ccc(Cc2nc(C3CC3)no2)cc1N. The lowest BCUT2D eigenvalue weighted by Gasteiger charge is -2.05. The average Bonchev–Trinajstić information content (AvgIpc) is 3.11. The van der Waals surface area contributed by atoms with Crippen molar-refractivity contribution in [2.75, 3.05) is 12.8 Å². The van der Waals surface area contributed by atoms with Crippen LogP contribution in [0.25, 0.3) is 0 Å². The summed E-state index contributed by atoms with van der Waals surface area (Å²) in [6, 6.07) is 5.68. The molecule has 0 spiro atoms. The van der Waals surface area contributed by atoms with E-state index in [1.807, 2.05) is 18.2 Å². The minimum Gasteiger partial charge on any atom is -0.495 e. The van der Waals surface area contributed by atoms with Gasteiger partial charge in [-0.15, -0.1) is 0 Å². The van der Waals surface area contributed by atoms with Crippen LogP contribution in [0, 0.1) is 0 Å². The van der Waals surface area contributed by atoms with E-state index < -0.39 is 0 Å². The largest absolute Gasteiger partial charge is 0.495 e. The fourth-order valence-electron chi connectivity index (χ4n) is 1.92. The highest BCUT2D eigenvalue weighted by Gasteiger charge is 2.28. The second-order valence-electron chi connectivity index (χ2n) is 4.57. The fraction of sp³-hybridized carbons (Fsp3) is 0.385. The summed E-state index contributed by atoms with van der Waals surface area (Å²) < 4.78 is 10.4. The van der Waals surface area contributed by atoms with Gasteiger partial charge in [-0.1, -0.05) is 11.2 Å². The monoisotopic (exact) mass is 245 g/mol. The van der Waals surface area contributed by atoms with Crippen molar-refractivity contribution in [1.82, 2.24) is 10.1 Å². The van der Waals surface area contributed by atoms with Gasteiger partial charge in [-0.3, -0.25) is 0 Å². The lowest BCUT2D eigenvalue weighted by Crippen LogP contribution is -1.95. The van der Waals surface area contributed by atoms with Crippen LogP contribution in [-0.4, -0.2) is 17.3 Å². The van der Waals surface area contributed by atoms with E-state index in [9.17, 15) is 0 Å². The summed E-state index contributed by atoms with van der Waals surface area (Å²) in [4.78, 5) is 4.39. The number of aromatic nitrogens is 2. The molecule has 5 heteroatoms. The lowest BCUT2D eigenvalue weighted by molar-refractivity contribution is 0.379. The molecular formula is C13H15N3O2. The van der Waals surface area contributed by atoms with Crippen LogP contribution in [-0.2, 0) is 6.42 Å². The Morgan fingerprint density at radius 3 is 2.94 bits per heavy atom. The number of hydrogen-bond acceptors (Lipinski definition) is 5. The van der Waals surface area contributed by atoms with Crippen LogP contribution < -0.4 is 10.5 Å². The van der Waals surface area contributed by atoms with Gasteiger partial charge in [0, 0.05) is 5.92 Å². The van der Waals surface area contributed by atoms with Gasteiger partial charge < -0.3 is 15.0 Å². The molecule has 1 aliphatic rings. The van der Waals surface area contributed by atoms with Crippen molar-refractivity contribution < 1.29 is 9.26 Å². The van der Waals surface area contributed by atoms with Gasteiger partial charge in [-0.2, -0.15) is 4.98 Å². The first kappa shape index (κ1) is 11.1. The molecule has 0 amide bonds. The molecule has 0 unspecified atom stereocenters. The Morgan fingerprint density at radius 2 is 2.28 bits per heavy atom. The zero-order chi connectivity index (χ0) is 12.5. The van der Waals surface area contributed by atoms with E-state index in [4.69, 9.17) is 15.0 Å². The predicted molar refractivity (Wildman–Crippen MR) is 66.5 cm³/mol. The van der Waals surface area contributed by atoms with E-state index in [1.165, 1.54) is 12.8 Å². The van der Waals surface area contributed by atoms with Crippen LogP contribution in [0.2, 0.25) is 0 Å². The number of anilines is 1. The van der Waals surface area contributed by atoms with E-state index in [0.717, 1.165) is 11.4 Å². The summed E-state index contributed by atoms with van der Waals surface area (Å²) in [5.41, 5.74) is 7.52. The van der Waals surface area contributed by atoms with Crippen LogP contribution in [0.3, 0.4) is 0 Å². The molecule has 2 N–H and O–H groups in total. The van der Waals surface area contributed by atoms with Crippen molar-refractivity contribution >= 4 is 5.69 Å². The summed E-state index contributed by atoms with van der Waals surface area (Å²) in [6.07, 6.45) is 2.96. The smallest absolute Gasteiger partial charge is 0.231 e. The third-order valence-corrected chi connectivity index (χ3v) is 3.08. The molecule has 1 aliphatic carbocycles. The molecule has 0 radical (unpaired) electrons. The molecule has 94 valence electrons. The molecule has 0 aliphatic heterocycles. The molecule has 1 fully saturated rings. The van der Waals surface area contributed by atoms with E-state index in [-0.39, 0.29) is 0 Å². The molecule has 18 heavy (non-hydrogen) atoms. The number of nitrogens with two attached hydrogens (primary N) is 1. The van der Waals surface area contributed by atoms with Crippen molar-refractivity contribution in [2.45, 2.75) is 25.2 Å². The summed E-state index contributed by atoms with van der Waals surface area (Å²) in [7, 11) is 1.60. The maximum atomic E-state index is 5.86. The molecule has 1 aromatic carbocycles. The van der Waals surface area contributed by atoms with Gasteiger partial charge in [0.1, 0.15) is 5.75 Å². The standard InChI is InChI=1S/C13H15N3O2/c1-17-11-5-2-8(6-10(11)14)7-12-15-13(16-18-12)9-3-4-9/h2,5-6,9H,3-4,7,14H2,1H3. The molecule has 3 rings (SSSR count). The number of ether oxygens (including phenoxy) is 1. The first-order chi connectivity index (χ1) is 8.76. The summed E-state index contributed by atoms with van der Waals surface area (Å²) in [5.74, 6) is 2.68. The zero-order valence-corrected chi connectivity index (χ0v) is 10.2. The van der Waals surface area contributed by atoms with Crippen molar-refractivity contribution in [1.29, 1.82) is 0 Å². The number of nitrogens with zero attached hydrogens (tertiary/aromatic N) is 2. The number of nitrogen functional groups attached to an aromatic ring is 1. The molecule has 5 nitrogen and oxygen atoms in total. The maximum Gasteiger partial charge on any atom is 0.231 e. The zero-order valence-electron chi connectivity index (χ0n) is 10.2. The Hall–Kier alpha value is -2.04. The third-order valence-electron chi connectivity index (χ3n) is 3.08. The van der Waals surface area contributed by atoms with Crippen molar-refractivity contribution in [3.63, 3.8) is 0 Å². The van der Waals surface area contributed by atoms with Gasteiger partial charge in [0.25, 0.3) is 0 Å². The van der Waals surface area contributed by atoms with E-state index in [2.05, 4.69) is 10.1 Å².